The minimum atomic E-state index is -3.86. The summed E-state index contributed by atoms with van der Waals surface area (Å²) in [5.74, 6) is -0.477. The number of ether oxygens (including phenoxy) is 1. The van der Waals surface area contributed by atoms with E-state index in [-0.39, 0.29) is 23.6 Å². The number of aromatic carboxylic acids is 1. The highest BCUT2D eigenvalue weighted by Gasteiger charge is 2.18. The SMILES string of the molecule is COCCNS(=O)(=O)c1cc(C(=O)O)cc(-c2ccc(N(C)C)nc2)c1. The molecule has 140 valence electrons. The van der Waals surface area contributed by atoms with E-state index in [0.717, 1.165) is 11.9 Å². The first-order chi connectivity index (χ1) is 12.2. The summed E-state index contributed by atoms with van der Waals surface area (Å²) in [5.41, 5.74) is 0.952. The molecule has 0 bridgehead atoms. The highest BCUT2D eigenvalue weighted by Crippen LogP contribution is 2.25. The third kappa shape index (κ3) is 4.78. The van der Waals surface area contributed by atoms with Crippen LogP contribution in [0.1, 0.15) is 10.4 Å². The van der Waals surface area contributed by atoms with E-state index in [0.29, 0.717) is 11.1 Å². The Morgan fingerprint density at radius 2 is 1.96 bits per heavy atom. The van der Waals surface area contributed by atoms with Crippen molar-refractivity contribution in [2.45, 2.75) is 4.90 Å². The number of sulfonamides is 1. The third-order valence-electron chi connectivity index (χ3n) is 3.60. The molecule has 0 amide bonds. The fraction of sp³-hybridized carbons (Fsp3) is 0.294. The number of nitrogens with one attached hydrogen (secondary N) is 1. The van der Waals surface area contributed by atoms with Crippen molar-refractivity contribution in [1.29, 1.82) is 0 Å². The van der Waals surface area contributed by atoms with Gasteiger partial charge in [0, 0.05) is 39.5 Å². The van der Waals surface area contributed by atoms with E-state index in [1.165, 1.54) is 19.2 Å². The fourth-order valence-electron chi connectivity index (χ4n) is 2.23. The molecule has 0 aliphatic carbocycles. The molecule has 0 fully saturated rings. The van der Waals surface area contributed by atoms with Gasteiger partial charge in [-0.1, -0.05) is 0 Å². The lowest BCUT2D eigenvalue weighted by molar-refractivity contribution is 0.0696. The highest BCUT2D eigenvalue weighted by atomic mass is 32.2. The number of nitrogens with zero attached hydrogens (tertiary/aromatic N) is 2. The molecule has 0 saturated heterocycles. The molecule has 1 aromatic carbocycles. The van der Waals surface area contributed by atoms with E-state index in [1.54, 1.807) is 18.3 Å². The van der Waals surface area contributed by atoms with E-state index in [1.807, 2.05) is 19.0 Å². The second kappa shape index (κ2) is 8.26. The molecule has 0 unspecified atom stereocenters. The second-order valence-corrected chi connectivity index (χ2v) is 7.51. The maximum absolute atomic E-state index is 12.4. The molecule has 0 atom stereocenters. The Balaban J connectivity index is 2.47. The van der Waals surface area contributed by atoms with Crippen LogP contribution in [0.5, 0.6) is 0 Å². The summed E-state index contributed by atoms with van der Waals surface area (Å²) in [4.78, 5) is 17.4. The van der Waals surface area contributed by atoms with Crippen LogP contribution in [0.25, 0.3) is 11.1 Å². The number of benzene rings is 1. The van der Waals surface area contributed by atoms with Crippen LogP contribution in [0, 0.1) is 0 Å². The van der Waals surface area contributed by atoms with Gasteiger partial charge >= 0.3 is 5.97 Å². The number of carbonyl (C=O) groups is 1. The summed E-state index contributed by atoms with van der Waals surface area (Å²) in [6.45, 7) is 0.297. The van der Waals surface area contributed by atoms with Gasteiger partial charge in [0.05, 0.1) is 17.1 Å². The predicted molar refractivity (Wildman–Crippen MR) is 98.0 cm³/mol. The predicted octanol–water partition coefficient (Wildman–Crippen LogP) is 1.44. The maximum atomic E-state index is 12.4. The van der Waals surface area contributed by atoms with Crippen molar-refractivity contribution in [3.8, 4) is 11.1 Å². The average Bonchev–Trinajstić information content (AvgIpc) is 2.61. The van der Waals surface area contributed by atoms with Crippen LogP contribution in [0.3, 0.4) is 0 Å². The van der Waals surface area contributed by atoms with Gasteiger partial charge < -0.3 is 14.7 Å². The summed E-state index contributed by atoms with van der Waals surface area (Å²) < 4.78 is 32.1. The van der Waals surface area contributed by atoms with Crippen molar-refractivity contribution in [2.24, 2.45) is 0 Å². The highest BCUT2D eigenvalue weighted by molar-refractivity contribution is 7.89. The summed E-state index contributed by atoms with van der Waals surface area (Å²) >= 11 is 0. The molecule has 0 saturated carbocycles. The Bertz CT molecular complexity index is 880. The first kappa shape index (κ1) is 19.8. The summed E-state index contributed by atoms with van der Waals surface area (Å²) in [5, 5.41) is 9.32. The zero-order valence-corrected chi connectivity index (χ0v) is 15.6. The largest absolute Gasteiger partial charge is 0.478 e. The molecule has 8 nitrogen and oxygen atoms in total. The first-order valence-electron chi connectivity index (χ1n) is 7.75. The van der Waals surface area contributed by atoms with E-state index in [9.17, 15) is 18.3 Å². The van der Waals surface area contributed by atoms with Gasteiger partial charge in [0.25, 0.3) is 0 Å². The molecule has 0 spiro atoms. The quantitative estimate of drug-likeness (QED) is 0.668. The number of hydrogen-bond acceptors (Lipinski definition) is 6. The lowest BCUT2D eigenvalue weighted by Gasteiger charge is -2.13. The van der Waals surface area contributed by atoms with Crippen molar-refractivity contribution in [3.05, 3.63) is 42.1 Å². The topological polar surface area (TPSA) is 109 Å². The minimum absolute atomic E-state index is 0.0879. The van der Waals surface area contributed by atoms with Gasteiger partial charge in [0.15, 0.2) is 0 Å². The Morgan fingerprint density at radius 3 is 2.50 bits per heavy atom. The molecule has 2 N–H and O–H groups in total. The smallest absolute Gasteiger partial charge is 0.335 e. The number of hydrogen-bond donors (Lipinski definition) is 2. The van der Waals surface area contributed by atoms with E-state index in [4.69, 9.17) is 4.74 Å². The molecule has 26 heavy (non-hydrogen) atoms. The molecule has 0 aliphatic rings. The molecular weight excluding hydrogens is 358 g/mol. The lowest BCUT2D eigenvalue weighted by atomic mass is 10.0. The van der Waals surface area contributed by atoms with Crippen LogP contribution in [0.2, 0.25) is 0 Å². The minimum Gasteiger partial charge on any atom is -0.478 e. The van der Waals surface area contributed by atoms with Crippen LogP contribution in [0.15, 0.2) is 41.4 Å². The molecule has 1 aromatic heterocycles. The standard InChI is InChI=1S/C17H21N3O5S/c1-20(2)16-5-4-12(11-18-16)13-8-14(17(21)22)10-15(9-13)26(23,24)19-6-7-25-3/h4-5,8-11,19H,6-7H2,1-3H3,(H,21,22). The molecule has 0 aliphatic heterocycles. The van der Waals surface area contributed by atoms with Crippen molar-refractivity contribution in [3.63, 3.8) is 0 Å². The molecule has 2 aromatic rings. The van der Waals surface area contributed by atoms with Gasteiger partial charge in [-0.05, 0) is 35.9 Å². The van der Waals surface area contributed by atoms with Crippen molar-refractivity contribution >= 4 is 21.8 Å². The first-order valence-corrected chi connectivity index (χ1v) is 9.23. The van der Waals surface area contributed by atoms with Crippen LogP contribution in [0.4, 0.5) is 5.82 Å². The van der Waals surface area contributed by atoms with Crippen LogP contribution in [-0.2, 0) is 14.8 Å². The average molecular weight is 379 g/mol. The number of aromatic nitrogens is 1. The number of rotatable bonds is 8. The second-order valence-electron chi connectivity index (χ2n) is 5.74. The van der Waals surface area contributed by atoms with Gasteiger partial charge in [-0.3, -0.25) is 0 Å². The number of pyridine rings is 1. The summed E-state index contributed by atoms with van der Waals surface area (Å²) in [7, 11) is 1.30. The lowest BCUT2D eigenvalue weighted by Crippen LogP contribution is -2.27. The Labute approximate surface area is 152 Å². The Kier molecular flexibility index (Phi) is 6.30. The van der Waals surface area contributed by atoms with Gasteiger partial charge in [0.2, 0.25) is 10.0 Å². The molecule has 1 heterocycles. The molecule has 9 heteroatoms. The monoisotopic (exact) mass is 379 g/mol. The molecular formula is C17H21N3O5S. The fourth-order valence-corrected chi connectivity index (χ4v) is 3.31. The van der Waals surface area contributed by atoms with Gasteiger partial charge in [-0.15, -0.1) is 0 Å². The van der Waals surface area contributed by atoms with Crippen LogP contribution in [-0.4, -0.2) is 58.8 Å². The number of carboxylic acid groups (broad SMARTS) is 1. The van der Waals surface area contributed by atoms with E-state index in [2.05, 4.69) is 9.71 Å². The van der Waals surface area contributed by atoms with Crippen LogP contribution < -0.4 is 9.62 Å². The summed E-state index contributed by atoms with van der Waals surface area (Å²) in [6.07, 6.45) is 1.57. The number of anilines is 1. The van der Waals surface area contributed by atoms with E-state index < -0.39 is 16.0 Å². The zero-order chi connectivity index (χ0) is 19.3. The van der Waals surface area contributed by atoms with Crippen LogP contribution >= 0.6 is 0 Å². The Morgan fingerprint density at radius 1 is 1.23 bits per heavy atom. The number of methoxy groups -OCH3 is 1. The van der Waals surface area contributed by atoms with E-state index >= 15 is 0 Å². The van der Waals surface area contributed by atoms with Crippen molar-refractivity contribution in [1.82, 2.24) is 9.71 Å². The number of carboxylic acids is 1. The normalized spacial score (nSPS) is 11.3. The maximum Gasteiger partial charge on any atom is 0.335 e. The third-order valence-corrected chi connectivity index (χ3v) is 5.04. The summed E-state index contributed by atoms with van der Waals surface area (Å²) in [6, 6.07) is 7.51. The van der Waals surface area contributed by atoms with Gasteiger partial charge in [-0.2, -0.15) is 0 Å². The van der Waals surface area contributed by atoms with Gasteiger partial charge in [0.1, 0.15) is 5.82 Å². The molecule has 2 rings (SSSR count). The Hall–Kier alpha value is -2.49. The van der Waals surface area contributed by atoms with Crippen molar-refractivity contribution < 1.29 is 23.1 Å². The van der Waals surface area contributed by atoms with Crippen molar-refractivity contribution in [2.75, 3.05) is 39.3 Å². The zero-order valence-electron chi connectivity index (χ0n) is 14.8. The molecule has 0 radical (unpaired) electrons. The van der Waals surface area contributed by atoms with Gasteiger partial charge in [-0.25, -0.2) is 22.9 Å².